The first-order chi connectivity index (χ1) is 8.70. The maximum atomic E-state index is 11.9. The number of nitrogens with zero attached hydrogens (tertiary/aromatic N) is 2. The van der Waals surface area contributed by atoms with Crippen LogP contribution in [0.1, 0.15) is 27.2 Å². The third kappa shape index (κ3) is 3.94. The Morgan fingerprint density at radius 3 is 2.10 bits per heavy atom. The van der Waals surface area contributed by atoms with Gasteiger partial charge in [-0.05, 0) is 27.2 Å². The van der Waals surface area contributed by atoms with Crippen molar-refractivity contribution in [2.24, 2.45) is 0 Å². The third-order valence-corrected chi connectivity index (χ3v) is 3.17. The smallest absolute Gasteiger partial charge is 0.540 e. The van der Waals surface area contributed by atoms with Crippen molar-refractivity contribution in [2.75, 3.05) is 13.1 Å². The van der Waals surface area contributed by atoms with E-state index in [1.165, 1.54) is 4.90 Å². The van der Waals surface area contributed by atoms with Crippen LogP contribution in [0, 0.1) is 0 Å². The van der Waals surface area contributed by atoms with Gasteiger partial charge >= 0.3 is 57.5 Å². The van der Waals surface area contributed by atoms with Gasteiger partial charge in [-0.2, -0.15) is 0 Å². The van der Waals surface area contributed by atoms with Gasteiger partial charge in [0.1, 0.15) is 11.6 Å². The summed E-state index contributed by atoms with van der Waals surface area (Å²) < 4.78 is 5.27. The van der Waals surface area contributed by atoms with E-state index in [-0.39, 0.29) is 76.6 Å². The standard InChI is InChI=1S/C12H18N2O5.K/c1-12(2,3)19-11(18)14-5-4-13(7-6-8(7)14)9(15)10(16)17;/h7-8H,4-6H2,1-3H3,(H,16,17);/q;+1/p-1. The molecule has 0 bridgehead atoms. The molecule has 2 rings (SSSR count). The molecular weight excluding hydrogens is 291 g/mol. The molecule has 2 aliphatic rings. The van der Waals surface area contributed by atoms with Crippen LogP contribution in [-0.2, 0) is 14.3 Å². The van der Waals surface area contributed by atoms with Gasteiger partial charge in [0.15, 0.2) is 0 Å². The minimum atomic E-state index is -1.70. The quantitative estimate of drug-likeness (QED) is 0.336. The zero-order chi connectivity index (χ0) is 14.4. The van der Waals surface area contributed by atoms with Gasteiger partial charge in [0.05, 0.1) is 12.1 Å². The normalized spacial score (nSPS) is 24.4. The topological polar surface area (TPSA) is 90.0 Å². The fourth-order valence-electron chi connectivity index (χ4n) is 2.30. The molecule has 20 heavy (non-hydrogen) atoms. The number of aliphatic carboxylic acids is 1. The van der Waals surface area contributed by atoms with Crippen LogP contribution in [0.4, 0.5) is 4.79 Å². The van der Waals surface area contributed by atoms with E-state index in [0.717, 1.165) is 0 Å². The monoisotopic (exact) mass is 308 g/mol. The Labute approximate surface area is 160 Å². The van der Waals surface area contributed by atoms with Crippen molar-refractivity contribution < 1.29 is 75.6 Å². The van der Waals surface area contributed by atoms with Gasteiger partial charge in [-0.1, -0.05) is 0 Å². The molecule has 0 aromatic carbocycles. The summed E-state index contributed by atoms with van der Waals surface area (Å²) in [5.74, 6) is -2.70. The summed E-state index contributed by atoms with van der Waals surface area (Å²) in [6.45, 7) is 5.84. The van der Waals surface area contributed by atoms with Crippen LogP contribution in [0.25, 0.3) is 0 Å². The molecule has 8 heteroatoms. The number of carboxylic acids is 1. The summed E-state index contributed by atoms with van der Waals surface area (Å²) in [5, 5.41) is 10.6. The molecule has 1 saturated heterocycles. The van der Waals surface area contributed by atoms with Gasteiger partial charge in [0, 0.05) is 13.1 Å². The SMILES string of the molecule is CC(C)(C)OC(=O)N1CCN(C(=O)C(=O)[O-])C2CC21.[K+]. The van der Waals surface area contributed by atoms with Crippen molar-refractivity contribution in [1.82, 2.24) is 9.80 Å². The van der Waals surface area contributed by atoms with Crippen LogP contribution >= 0.6 is 0 Å². The third-order valence-electron chi connectivity index (χ3n) is 3.17. The summed E-state index contributed by atoms with van der Waals surface area (Å²) in [4.78, 5) is 36.7. The van der Waals surface area contributed by atoms with Gasteiger partial charge < -0.3 is 24.4 Å². The minimum absolute atomic E-state index is 0. The Hall–Kier alpha value is -0.154. The molecule has 0 aromatic heterocycles. The van der Waals surface area contributed by atoms with E-state index < -0.39 is 23.6 Å². The first kappa shape index (κ1) is 17.9. The van der Waals surface area contributed by atoms with E-state index in [9.17, 15) is 19.5 Å². The predicted molar refractivity (Wildman–Crippen MR) is 61.9 cm³/mol. The number of hydrogen-bond donors (Lipinski definition) is 0. The molecule has 2 unspecified atom stereocenters. The first-order valence-electron chi connectivity index (χ1n) is 6.22. The van der Waals surface area contributed by atoms with E-state index in [0.29, 0.717) is 6.42 Å². The van der Waals surface area contributed by atoms with Crippen molar-refractivity contribution in [1.29, 1.82) is 0 Å². The molecule has 2 amide bonds. The van der Waals surface area contributed by atoms with Gasteiger partial charge in [-0.15, -0.1) is 0 Å². The Bertz CT molecular complexity index is 434. The average Bonchev–Trinajstić information content (AvgIpc) is 3.03. The van der Waals surface area contributed by atoms with Gasteiger partial charge in [0.25, 0.3) is 5.91 Å². The van der Waals surface area contributed by atoms with Crippen molar-refractivity contribution >= 4 is 18.0 Å². The van der Waals surface area contributed by atoms with Crippen LogP contribution < -0.4 is 56.5 Å². The average molecular weight is 308 g/mol. The van der Waals surface area contributed by atoms with Crippen LogP contribution in [-0.4, -0.2) is 58.5 Å². The second-order valence-electron chi connectivity index (χ2n) is 5.83. The van der Waals surface area contributed by atoms with Crippen molar-refractivity contribution in [3.63, 3.8) is 0 Å². The number of carbonyl (C=O) groups excluding carboxylic acids is 3. The van der Waals surface area contributed by atoms with E-state index in [2.05, 4.69) is 0 Å². The maximum absolute atomic E-state index is 11.9. The van der Waals surface area contributed by atoms with Gasteiger partial charge in [-0.25, -0.2) is 4.79 Å². The zero-order valence-electron chi connectivity index (χ0n) is 12.2. The number of rotatable bonds is 0. The predicted octanol–water partition coefficient (Wildman–Crippen LogP) is -4.04. The number of fused-ring (bicyclic) bond motifs is 1. The van der Waals surface area contributed by atoms with E-state index >= 15 is 0 Å². The van der Waals surface area contributed by atoms with Crippen LogP contribution in [0.5, 0.6) is 0 Å². The van der Waals surface area contributed by atoms with E-state index in [4.69, 9.17) is 4.74 Å². The van der Waals surface area contributed by atoms with Crippen LogP contribution in [0.3, 0.4) is 0 Å². The summed E-state index contributed by atoms with van der Waals surface area (Å²) in [5.41, 5.74) is -0.570. The number of ether oxygens (including phenoxy) is 1. The van der Waals surface area contributed by atoms with E-state index in [1.54, 1.807) is 25.7 Å². The summed E-state index contributed by atoms with van der Waals surface area (Å²) in [7, 11) is 0. The Balaban J connectivity index is 0.00000200. The zero-order valence-corrected chi connectivity index (χ0v) is 15.3. The fourth-order valence-corrected chi connectivity index (χ4v) is 2.30. The number of carboxylic acid groups (broad SMARTS) is 1. The number of carbonyl (C=O) groups is 3. The molecule has 0 aromatic rings. The summed E-state index contributed by atoms with van der Waals surface area (Å²) in [6, 6.07) is -0.349. The molecule has 1 saturated carbocycles. The van der Waals surface area contributed by atoms with Crippen molar-refractivity contribution in [3.8, 4) is 0 Å². The molecule has 1 aliphatic carbocycles. The molecule has 7 nitrogen and oxygen atoms in total. The molecule has 106 valence electrons. The second kappa shape index (κ2) is 6.31. The number of amides is 2. The molecule has 0 spiro atoms. The molecule has 2 fully saturated rings. The molecule has 0 N–H and O–H groups in total. The Morgan fingerprint density at radius 1 is 1.10 bits per heavy atom. The first-order valence-corrected chi connectivity index (χ1v) is 6.22. The van der Waals surface area contributed by atoms with Gasteiger partial charge in [0.2, 0.25) is 0 Å². The fraction of sp³-hybridized carbons (Fsp3) is 0.750. The molecule has 1 heterocycles. The maximum Gasteiger partial charge on any atom is 1.00 e. The van der Waals surface area contributed by atoms with Crippen LogP contribution in [0.15, 0.2) is 0 Å². The van der Waals surface area contributed by atoms with Crippen LogP contribution in [0.2, 0.25) is 0 Å². The largest absolute Gasteiger partial charge is 1.00 e. The Morgan fingerprint density at radius 2 is 1.60 bits per heavy atom. The molecule has 0 radical (unpaired) electrons. The van der Waals surface area contributed by atoms with E-state index in [1.807, 2.05) is 0 Å². The Kier molecular flexibility index (Phi) is 5.64. The molecular formula is C12H17KN2O5. The number of piperazine rings is 1. The summed E-state index contributed by atoms with van der Waals surface area (Å²) in [6.07, 6.45) is 0.179. The van der Waals surface area contributed by atoms with Gasteiger partial charge in [-0.3, -0.25) is 4.79 Å². The summed E-state index contributed by atoms with van der Waals surface area (Å²) >= 11 is 0. The molecule has 2 atom stereocenters. The molecule has 1 aliphatic heterocycles. The number of hydrogen-bond acceptors (Lipinski definition) is 5. The minimum Gasteiger partial charge on any atom is -0.540 e. The van der Waals surface area contributed by atoms with Crippen molar-refractivity contribution in [2.45, 2.75) is 44.9 Å². The second-order valence-corrected chi connectivity index (χ2v) is 5.83. The van der Waals surface area contributed by atoms with Crippen molar-refractivity contribution in [3.05, 3.63) is 0 Å².